The molecule has 0 atom stereocenters. The molecule has 1 amide bonds. The molecule has 0 aliphatic heterocycles. The lowest BCUT2D eigenvalue weighted by Crippen LogP contribution is -2.31. The van der Waals surface area contributed by atoms with Gasteiger partial charge >= 0.3 is 5.97 Å². The van der Waals surface area contributed by atoms with E-state index in [2.05, 4.69) is 11.1 Å². The van der Waals surface area contributed by atoms with Crippen LogP contribution in [0.5, 0.6) is 0 Å². The van der Waals surface area contributed by atoms with Crippen molar-refractivity contribution in [2.24, 2.45) is 5.92 Å². The Morgan fingerprint density at radius 3 is 2.65 bits per heavy atom. The first-order valence-corrected chi connectivity index (χ1v) is 9.03. The minimum Gasteiger partial charge on any atom is -0.481 e. The second kappa shape index (κ2) is 7.68. The quantitative estimate of drug-likeness (QED) is 0.829. The largest absolute Gasteiger partial charge is 0.481 e. The van der Waals surface area contributed by atoms with Crippen molar-refractivity contribution in [3.63, 3.8) is 0 Å². The van der Waals surface area contributed by atoms with Crippen molar-refractivity contribution in [2.75, 3.05) is 6.54 Å². The molecule has 0 saturated heterocycles. The molecule has 26 heavy (non-hydrogen) atoms. The highest BCUT2D eigenvalue weighted by Gasteiger charge is 2.33. The van der Waals surface area contributed by atoms with Crippen LogP contribution in [0.25, 0.3) is 11.3 Å². The maximum absolute atomic E-state index is 12.5. The van der Waals surface area contributed by atoms with Crippen molar-refractivity contribution < 1.29 is 14.7 Å². The van der Waals surface area contributed by atoms with Gasteiger partial charge in [-0.25, -0.2) is 0 Å². The molecule has 0 radical (unpaired) electrons. The fraction of sp³-hybridized carbons (Fsp3) is 0.381. The summed E-state index contributed by atoms with van der Waals surface area (Å²) >= 11 is 0. The van der Waals surface area contributed by atoms with Gasteiger partial charge in [0, 0.05) is 30.8 Å². The van der Waals surface area contributed by atoms with Gasteiger partial charge in [0.1, 0.15) is 0 Å². The highest BCUT2D eigenvalue weighted by atomic mass is 16.4. The summed E-state index contributed by atoms with van der Waals surface area (Å²) in [5, 5.41) is 9.02. The van der Waals surface area contributed by atoms with Crippen molar-refractivity contribution in [2.45, 2.75) is 39.7 Å². The number of carboxylic acids is 1. The number of hydrogen-bond acceptors (Lipinski definition) is 3. The number of rotatable bonds is 7. The van der Waals surface area contributed by atoms with Gasteiger partial charge in [-0.3, -0.25) is 14.6 Å². The van der Waals surface area contributed by atoms with E-state index in [1.54, 1.807) is 12.3 Å². The minimum atomic E-state index is -0.863. The highest BCUT2D eigenvalue weighted by Crippen LogP contribution is 2.32. The number of pyridine rings is 1. The predicted molar refractivity (Wildman–Crippen MR) is 99.6 cm³/mol. The third-order valence-electron chi connectivity index (χ3n) is 4.70. The SMILES string of the molecule is CCN(Cc1cc(C)ccc1-c1cc(CC(=O)O)ccn1)C(=O)C1CC1. The molecular formula is C21H24N2O3. The zero-order valence-electron chi connectivity index (χ0n) is 15.2. The summed E-state index contributed by atoms with van der Waals surface area (Å²) in [7, 11) is 0. The Morgan fingerprint density at radius 2 is 2.00 bits per heavy atom. The predicted octanol–water partition coefficient (Wildman–Crippen LogP) is 3.44. The van der Waals surface area contributed by atoms with Gasteiger partial charge in [0.25, 0.3) is 0 Å². The Labute approximate surface area is 153 Å². The first-order chi connectivity index (χ1) is 12.5. The van der Waals surface area contributed by atoms with Crippen LogP contribution >= 0.6 is 0 Å². The molecule has 1 aromatic carbocycles. The molecule has 3 rings (SSSR count). The number of benzene rings is 1. The number of amides is 1. The molecule has 0 unspecified atom stereocenters. The van der Waals surface area contributed by atoms with Gasteiger partial charge in [-0.15, -0.1) is 0 Å². The summed E-state index contributed by atoms with van der Waals surface area (Å²) in [6.07, 6.45) is 3.60. The standard InChI is InChI=1S/C21H24N2O3/c1-3-23(21(26)16-5-6-16)13-17-10-14(2)4-7-18(17)19-11-15(8-9-22-19)12-20(24)25/h4,7-11,16H,3,5-6,12-13H2,1-2H3,(H,24,25). The molecular weight excluding hydrogens is 328 g/mol. The van der Waals surface area contributed by atoms with E-state index in [0.29, 0.717) is 13.1 Å². The van der Waals surface area contributed by atoms with Crippen molar-refractivity contribution in [1.29, 1.82) is 0 Å². The summed E-state index contributed by atoms with van der Waals surface area (Å²) in [6.45, 7) is 5.25. The summed E-state index contributed by atoms with van der Waals surface area (Å²) in [6, 6.07) is 9.65. The monoisotopic (exact) mass is 352 g/mol. The molecule has 1 heterocycles. The Hall–Kier alpha value is -2.69. The third kappa shape index (κ3) is 4.28. The number of hydrogen-bond donors (Lipinski definition) is 1. The average Bonchev–Trinajstić information content (AvgIpc) is 3.44. The molecule has 1 aromatic heterocycles. The number of nitrogens with zero attached hydrogens (tertiary/aromatic N) is 2. The topological polar surface area (TPSA) is 70.5 Å². The number of carboxylic acid groups (broad SMARTS) is 1. The molecule has 0 bridgehead atoms. The molecule has 1 fully saturated rings. The number of carbonyl (C=O) groups is 2. The Morgan fingerprint density at radius 1 is 1.23 bits per heavy atom. The van der Waals surface area contributed by atoms with Gasteiger partial charge in [-0.05, 0) is 49.9 Å². The fourth-order valence-corrected chi connectivity index (χ4v) is 3.15. The smallest absolute Gasteiger partial charge is 0.307 e. The summed E-state index contributed by atoms with van der Waals surface area (Å²) in [5.41, 5.74) is 4.58. The van der Waals surface area contributed by atoms with Gasteiger partial charge in [0.2, 0.25) is 5.91 Å². The van der Waals surface area contributed by atoms with Crippen LogP contribution in [0.2, 0.25) is 0 Å². The molecule has 5 nitrogen and oxygen atoms in total. The van der Waals surface area contributed by atoms with E-state index in [4.69, 9.17) is 5.11 Å². The maximum atomic E-state index is 12.5. The second-order valence-electron chi connectivity index (χ2n) is 6.91. The lowest BCUT2D eigenvalue weighted by molar-refractivity contribution is -0.136. The van der Waals surface area contributed by atoms with Crippen LogP contribution in [0.3, 0.4) is 0 Å². The maximum Gasteiger partial charge on any atom is 0.307 e. The lowest BCUT2D eigenvalue weighted by Gasteiger charge is -2.23. The highest BCUT2D eigenvalue weighted by molar-refractivity contribution is 5.81. The van der Waals surface area contributed by atoms with Crippen LogP contribution in [0.4, 0.5) is 0 Å². The average molecular weight is 352 g/mol. The fourth-order valence-electron chi connectivity index (χ4n) is 3.15. The first-order valence-electron chi connectivity index (χ1n) is 9.03. The van der Waals surface area contributed by atoms with Gasteiger partial charge in [-0.1, -0.05) is 23.8 Å². The first kappa shape index (κ1) is 18.1. The zero-order valence-corrected chi connectivity index (χ0v) is 15.2. The molecule has 1 aliphatic rings. The van der Waals surface area contributed by atoms with E-state index in [1.165, 1.54) is 0 Å². The van der Waals surface area contributed by atoms with E-state index >= 15 is 0 Å². The molecule has 5 heteroatoms. The third-order valence-corrected chi connectivity index (χ3v) is 4.70. The lowest BCUT2D eigenvalue weighted by atomic mass is 9.99. The number of aromatic nitrogens is 1. The normalized spacial score (nSPS) is 13.5. The van der Waals surface area contributed by atoms with Crippen molar-refractivity contribution >= 4 is 11.9 Å². The summed E-state index contributed by atoms with van der Waals surface area (Å²) < 4.78 is 0. The summed E-state index contributed by atoms with van der Waals surface area (Å²) in [5.74, 6) is -0.439. The molecule has 0 spiro atoms. The van der Waals surface area contributed by atoms with E-state index in [1.807, 2.05) is 36.9 Å². The van der Waals surface area contributed by atoms with Crippen LogP contribution < -0.4 is 0 Å². The van der Waals surface area contributed by atoms with Crippen LogP contribution in [0, 0.1) is 12.8 Å². The van der Waals surface area contributed by atoms with E-state index in [0.717, 1.165) is 40.8 Å². The van der Waals surface area contributed by atoms with Crippen LogP contribution in [0.1, 0.15) is 36.5 Å². The van der Waals surface area contributed by atoms with Gasteiger partial charge in [-0.2, -0.15) is 0 Å². The number of carbonyl (C=O) groups excluding carboxylic acids is 1. The molecule has 1 saturated carbocycles. The van der Waals surface area contributed by atoms with Gasteiger partial charge < -0.3 is 10.0 Å². The molecule has 1 N–H and O–H groups in total. The molecule has 1 aliphatic carbocycles. The Kier molecular flexibility index (Phi) is 5.35. The van der Waals surface area contributed by atoms with Crippen molar-refractivity contribution in [3.05, 3.63) is 53.2 Å². The van der Waals surface area contributed by atoms with Gasteiger partial charge in [0.05, 0.1) is 12.1 Å². The Bertz CT molecular complexity index is 828. The Balaban J connectivity index is 1.92. The van der Waals surface area contributed by atoms with Crippen LogP contribution in [-0.2, 0) is 22.6 Å². The van der Waals surface area contributed by atoms with Crippen molar-refractivity contribution in [3.8, 4) is 11.3 Å². The van der Waals surface area contributed by atoms with E-state index < -0.39 is 5.97 Å². The molecule has 2 aromatic rings. The van der Waals surface area contributed by atoms with E-state index in [9.17, 15) is 9.59 Å². The number of aliphatic carboxylic acids is 1. The number of aryl methyl sites for hydroxylation is 1. The van der Waals surface area contributed by atoms with Gasteiger partial charge in [0.15, 0.2) is 0 Å². The van der Waals surface area contributed by atoms with Crippen molar-refractivity contribution in [1.82, 2.24) is 9.88 Å². The molecule has 136 valence electrons. The van der Waals surface area contributed by atoms with Crippen LogP contribution in [0.15, 0.2) is 36.5 Å². The minimum absolute atomic E-state index is 0.0298. The second-order valence-corrected chi connectivity index (χ2v) is 6.91. The zero-order chi connectivity index (χ0) is 18.7. The summed E-state index contributed by atoms with van der Waals surface area (Å²) in [4.78, 5) is 29.8. The van der Waals surface area contributed by atoms with E-state index in [-0.39, 0.29) is 18.2 Å². The van der Waals surface area contributed by atoms with Crippen LogP contribution in [-0.4, -0.2) is 33.4 Å².